The van der Waals surface area contributed by atoms with E-state index >= 15 is 0 Å². The van der Waals surface area contributed by atoms with Gasteiger partial charge in [-0.1, -0.05) is 29.8 Å². The first kappa shape index (κ1) is 15.8. The van der Waals surface area contributed by atoms with Crippen LogP contribution >= 0.6 is 11.6 Å². The average molecular weight is 310 g/mol. The van der Waals surface area contributed by atoms with Crippen LogP contribution in [-0.4, -0.2) is 18.8 Å². The summed E-state index contributed by atoms with van der Waals surface area (Å²) in [7, 11) is 1.44. The first-order valence-electron chi connectivity index (χ1n) is 6.54. The molecule has 112 valence electrons. The molecule has 0 aliphatic rings. The minimum absolute atomic E-state index is 0.116. The zero-order valence-corrected chi connectivity index (χ0v) is 12.3. The number of rotatable bonds is 5. The van der Waals surface area contributed by atoms with Crippen LogP contribution < -0.4 is 10.5 Å². The van der Waals surface area contributed by atoms with Gasteiger partial charge in [0, 0.05) is 17.5 Å². The molecular weight excluding hydrogens is 293 g/mol. The van der Waals surface area contributed by atoms with Gasteiger partial charge in [-0.2, -0.15) is 0 Å². The zero-order valence-electron chi connectivity index (χ0n) is 11.6. The number of ether oxygens (including phenoxy) is 1. The summed E-state index contributed by atoms with van der Waals surface area (Å²) < 4.78 is 19.2. The Kier molecular flexibility index (Phi) is 5.17. The monoisotopic (exact) mass is 309 g/mol. The highest BCUT2D eigenvalue weighted by atomic mass is 35.5. The lowest BCUT2D eigenvalue weighted by Crippen LogP contribution is -2.21. The molecule has 0 aromatic heterocycles. The normalized spacial score (nSPS) is 13.8. The lowest BCUT2D eigenvalue weighted by molar-refractivity contribution is 0.139. The van der Waals surface area contributed by atoms with Crippen LogP contribution in [0.4, 0.5) is 4.39 Å². The predicted octanol–water partition coefficient (Wildman–Crippen LogP) is 3.26. The van der Waals surface area contributed by atoms with Crippen molar-refractivity contribution in [2.75, 3.05) is 13.7 Å². The number of methoxy groups -OCH3 is 1. The van der Waals surface area contributed by atoms with E-state index in [0.29, 0.717) is 10.8 Å². The molecule has 5 heteroatoms. The maximum absolute atomic E-state index is 14.1. The fraction of sp³-hybridized carbons (Fsp3) is 0.250. The Bertz CT molecular complexity index is 604. The van der Waals surface area contributed by atoms with Crippen molar-refractivity contribution in [1.82, 2.24) is 0 Å². The molecular formula is C16H17ClFNO2. The van der Waals surface area contributed by atoms with Crippen LogP contribution in [0.2, 0.25) is 5.02 Å². The number of hydrogen-bond acceptors (Lipinski definition) is 3. The molecule has 2 aromatic carbocycles. The predicted molar refractivity (Wildman–Crippen MR) is 81.2 cm³/mol. The summed E-state index contributed by atoms with van der Waals surface area (Å²) in [5.74, 6) is -0.669. The third kappa shape index (κ3) is 3.35. The molecule has 0 saturated heterocycles. The molecule has 0 aliphatic carbocycles. The van der Waals surface area contributed by atoms with E-state index in [4.69, 9.17) is 22.1 Å². The van der Waals surface area contributed by atoms with Gasteiger partial charge in [-0.3, -0.25) is 0 Å². The molecule has 0 aliphatic heterocycles. The molecule has 2 rings (SSSR count). The van der Waals surface area contributed by atoms with Gasteiger partial charge < -0.3 is 15.6 Å². The van der Waals surface area contributed by atoms with Gasteiger partial charge >= 0.3 is 0 Å². The standard InChI is InChI=1S/C16H17ClFNO2/c1-21-14-4-2-3-13(18)15(14)16(20)12(9-19)10-5-7-11(17)8-6-10/h2-8,12,16,20H,9,19H2,1H3. The third-order valence-electron chi connectivity index (χ3n) is 3.46. The van der Waals surface area contributed by atoms with Crippen molar-refractivity contribution in [3.63, 3.8) is 0 Å². The van der Waals surface area contributed by atoms with E-state index in [1.54, 1.807) is 30.3 Å². The quantitative estimate of drug-likeness (QED) is 0.891. The van der Waals surface area contributed by atoms with Gasteiger partial charge in [0.05, 0.1) is 18.8 Å². The van der Waals surface area contributed by atoms with E-state index in [9.17, 15) is 9.50 Å². The molecule has 0 amide bonds. The molecule has 0 saturated carbocycles. The Morgan fingerprint density at radius 3 is 2.48 bits per heavy atom. The lowest BCUT2D eigenvalue weighted by atomic mass is 9.88. The molecule has 0 radical (unpaired) electrons. The van der Waals surface area contributed by atoms with Crippen molar-refractivity contribution in [1.29, 1.82) is 0 Å². The Morgan fingerprint density at radius 1 is 1.24 bits per heavy atom. The van der Waals surface area contributed by atoms with Crippen LogP contribution in [0.1, 0.15) is 23.1 Å². The second-order valence-electron chi connectivity index (χ2n) is 4.69. The Morgan fingerprint density at radius 2 is 1.90 bits per heavy atom. The average Bonchev–Trinajstić information content (AvgIpc) is 2.49. The van der Waals surface area contributed by atoms with E-state index in [1.807, 2.05) is 0 Å². The van der Waals surface area contributed by atoms with Gasteiger partial charge in [0.1, 0.15) is 11.6 Å². The Hall–Kier alpha value is -1.62. The number of halogens is 2. The maximum Gasteiger partial charge on any atom is 0.132 e. The summed E-state index contributed by atoms with van der Waals surface area (Å²) in [6.07, 6.45) is -1.10. The molecule has 3 nitrogen and oxygen atoms in total. The number of aliphatic hydroxyl groups excluding tert-OH is 1. The molecule has 2 unspecified atom stereocenters. The second kappa shape index (κ2) is 6.89. The van der Waals surface area contributed by atoms with Crippen LogP contribution in [-0.2, 0) is 0 Å². The number of aliphatic hydroxyl groups is 1. The minimum Gasteiger partial charge on any atom is -0.496 e. The highest BCUT2D eigenvalue weighted by Crippen LogP contribution is 2.37. The van der Waals surface area contributed by atoms with Crippen molar-refractivity contribution in [2.24, 2.45) is 5.73 Å². The lowest BCUT2D eigenvalue weighted by Gasteiger charge is -2.24. The smallest absolute Gasteiger partial charge is 0.132 e. The van der Waals surface area contributed by atoms with Gasteiger partial charge in [0.15, 0.2) is 0 Å². The van der Waals surface area contributed by atoms with Crippen LogP contribution in [0.5, 0.6) is 5.75 Å². The summed E-state index contributed by atoms with van der Waals surface area (Å²) >= 11 is 5.86. The van der Waals surface area contributed by atoms with Crippen LogP contribution in [0, 0.1) is 5.82 Å². The van der Waals surface area contributed by atoms with Crippen LogP contribution in [0.15, 0.2) is 42.5 Å². The minimum atomic E-state index is -1.10. The fourth-order valence-corrected chi connectivity index (χ4v) is 2.47. The molecule has 2 atom stereocenters. The van der Waals surface area contributed by atoms with Crippen LogP contribution in [0.3, 0.4) is 0 Å². The number of nitrogens with two attached hydrogens (primary N) is 1. The molecule has 3 N–H and O–H groups in total. The van der Waals surface area contributed by atoms with E-state index in [0.717, 1.165) is 5.56 Å². The Labute approximate surface area is 128 Å². The third-order valence-corrected chi connectivity index (χ3v) is 3.71. The fourth-order valence-electron chi connectivity index (χ4n) is 2.34. The van der Waals surface area contributed by atoms with Gasteiger partial charge in [-0.15, -0.1) is 0 Å². The molecule has 0 heterocycles. The van der Waals surface area contributed by atoms with Crippen molar-refractivity contribution in [3.05, 3.63) is 64.4 Å². The second-order valence-corrected chi connectivity index (χ2v) is 5.13. The molecule has 21 heavy (non-hydrogen) atoms. The maximum atomic E-state index is 14.1. The number of benzene rings is 2. The highest BCUT2D eigenvalue weighted by molar-refractivity contribution is 6.30. The summed E-state index contributed by atoms with van der Waals surface area (Å²) in [5.41, 5.74) is 6.67. The van der Waals surface area contributed by atoms with Gasteiger partial charge in [0.25, 0.3) is 0 Å². The summed E-state index contributed by atoms with van der Waals surface area (Å²) in [6.45, 7) is 0.167. The molecule has 0 spiro atoms. The van der Waals surface area contributed by atoms with Gasteiger partial charge in [-0.05, 0) is 29.8 Å². The molecule has 0 fully saturated rings. The van der Waals surface area contributed by atoms with Crippen molar-refractivity contribution < 1.29 is 14.2 Å². The largest absolute Gasteiger partial charge is 0.496 e. The first-order valence-corrected chi connectivity index (χ1v) is 6.92. The van der Waals surface area contributed by atoms with Gasteiger partial charge in [0.2, 0.25) is 0 Å². The van der Waals surface area contributed by atoms with Crippen molar-refractivity contribution >= 4 is 11.6 Å². The molecule has 2 aromatic rings. The highest BCUT2D eigenvalue weighted by Gasteiger charge is 2.27. The van der Waals surface area contributed by atoms with Crippen molar-refractivity contribution in [2.45, 2.75) is 12.0 Å². The van der Waals surface area contributed by atoms with E-state index < -0.39 is 17.8 Å². The van der Waals surface area contributed by atoms with E-state index in [2.05, 4.69) is 0 Å². The van der Waals surface area contributed by atoms with Crippen LogP contribution in [0.25, 0.3) is 0 Å². The SMILES string of the molecule is COc1cccc(F)c1C(O)C(CN)c1ccc(Cl)cc1. The van der Waals surface area contributed by atoms with E-state index in [1.165, 1.54) is 19.2 Å². The number of hydrogen-bond donors (Lipinski definition) is 2. The van der Waals surface area contributed by atoms with E-state index in [-0.39, 0.29) is 12.1 Å². The topological polar surface area (TPSA) is 55.5 Å². The summed E-state index contributed by atoms with van der Waals surface area (Å²) in [5, 5.41) is 11.2. The Balaban J connectivity index is 2.41. The van der Waals surface area contributed by atoms with Gasteiger partial charge in [-0.25, -0.2) is 4.39 Å². The zero-order chi connectivity index (χ0) is 15.4. The molecule has 0 bridgehead atoms. The van der Waals surface area contributed by atoms with Crippen molar-refractivity contribution in [3.8, 4) is 5.75 Å². The first-order chi connectivity index (χ1) is 10.1. The summed E-state index contributed by atoms with van der Waals surface area (Å²) in [4.78, 5) is 0. The summed E-state index contributed by atoms with van der Waals surface area (Å²) in [6, 6.07) is 11.4.